The lowest BCUT2D eigenvalue weighted by Gasteiger charge is -2.15. The molecule has 0 radical (unpaired) electrons. The summed E-state index contributed by atoms with van der Waals surface area (Å²) < 4.78 is 11.1. The molecule has 1 rings (SSSR count). The number of hydrogen-bond acceptors (Lipinski definition) is 3. The van der Waals surface area contributed by atoms with Crippen molar-refractivity contribution in [1.29, 1.82) is 0 Å². The second kappa shape index (κ2) is 17.7. The number of rotatable bonds is 11. The van der Waals surface area contributed by atoms with Crippen LogP contribution in [0.3, 0.4) is 0 Å². The van der Waals surface area contributed by atoms with Crippen molar-refractivity contribution in [2.24, 2.45) is 4.99 Å². The van der Waals surface area contributed by atoms with Crippen molar-refractivity contribution in [3.05, 3.63) is 0 Å². The van der Waals surface area contributed by atoms with Crippen molar-refractivity contribution < 1.29 is 9.47 Å². The van der Waals surface area contributed by atoms with Gasteiger partial charge in [0.25, 0.3) is 0 Å². The molecule has 1 aliphatic carbocycles. The van der Waals surface area contributed by atoms with Crippen molar-refractivity contribution in [2.45, 2.75) is 70.8 Å². The van der Waals surface area contributed by atoms with Gasteiger partial charge in [0.1, 0.15) is 0 Å². The van der Waals surface area contributed by atoms with E-state index in [1.807, 2.05) is 0 Å². The van der Waals surface area contributed by atoms with Crippen LogP contribution in [0.1, 0.15) is 64.7 Å². The Morgan fingerprint density at radius 1 is 1.00 bits per heavy atom. The molecule has 2 N–H and O–H groups in total. The minimum Gasteiger partial charge on any atom is -0.385 e. The van der Waals surface area contributed by atoms with Crippen molar-refractivity contribution in [1.82, 2.24) is 10.6 Å². The Kier molecular flexibility index (Phi) is 17.7. The molecule has 0 bridgehead atoms. The highest BCUT2D eigenvalue weighted by atomic mass is 127. The summed E-state index contributed by atoms with van der Waals surface area (Å²) in [7, 11) is 1.73. The van der Waals surface area contributed by atoms with Crippen LogP contribution in [0.5, 0.6) is 0 Å². The van der Waals surface area contributed by atoms with Crippen LogP contribution in [0, 0.1) is 0 Å². The fraction of sp³-hybridized carbons (Fsp3) is 0.944. The Bertz CT molecular complexity index is 296. The first-order valence-electron chi connectivity index (χ1n) is 9.49. The molecule has 144 valence electrons. The third-order valence-corrected chi connectivity index (χ3v) is 4.14. The third-order valence-electron chi connectivity index (χ3n) is 4.14. The molecule has 0 atom stereocenters. The van der Waals surface area contributed by atoms with Crippen LogP contribution in [-0.4, -0.2) is 52.0 Å². The van der Waals surface area contributed by atoms with Gasteiger partial charge in [-0.2, -0.15) is 0 Å². The van der Waals surface area contributed by atoms with Gasteiger partial charge in [0.2, 0.25) is 0 Å². The van der Waals surface area contributed by atoms with Crippen LogP contribution in [0.15, 0.2) is 4.99 Å². The second-order valence-electron chi connectivity index (χ2n) is 6.23. The minimum absolute atomic E-state index is 0. The van der Waals surface area contributed by atoms with E-state index in [-0.39, 0.29) is 24.0 Å². The number of methoxy groups -OCH3 is 1. The monoisotopic (exact) mass is 455 g/mol. The highest BCUT2D eigenvalue weighted by Crippen LogP contribution is 2.19. The van der Waals surface area contributed by atoms with Crippen LogP contribution in [0.4, 0.5) is 0 Å². The van der Waals surface area contributed by atoms with Crippen LogP contribution in [0.25, 0.3) is 0 Å². The van der Waals surface area contributed by atoms with Gasteiger partial charge in [-0.05, 0) is 39.0 Å². The molecule has 0 unspecified atom stereocenters. The average Bonchev–Trinajstić information content (AvgIpc) is 2.83. The van der Waals surface area contributed by atoms with Crippen LogP contribution in [0.2, 0.25) is 0 Å². The Morgan fingerprint density at radius 3 is 2.42 bits per heavy atom. The fourth-order valence-electron chi connectivity index (χ4n) is 2.83. The average molecular weight is 455 g/mol. The first kappa shape index (κ1) is 23.9. The smallest absolute Gasteiger partial charge is 0.191 e. The van der Waals surface area contributed by atoms with E-state index in [4.69, 9.17) is 9.47 Å². The molecule has 0 amide bonds. The summed E-state index contributed by atoms with van der Waals surface area (Å²) in [5, 5.41) is 6.66. The van der Waals surface area contributed by atoms with Gasteiger partial charge in [0.15, 0.2) is 5.96 Å². The van der Waals surface area contributed by atoms with Gasteiger partial charge in [0, 0.05) is 40.0 Å². The zero-order valence-electron chi connectivity index (χ0n) is 15.6. The van der Waals surface area contributed by atoms with Gasteiger partial charge < -0.3 is 20.1 Å². The summed E-state index contributed by atoms with van der Waals surface area (Å²) >= 11 is 0. The molecule has 0 aromatic rings. The predicted molar refractivity (Wildman–Crippen MR) is 113 cm³/mol. The molecule has 1 aliphatic rings. The Labute approximate surface area is 165 Å². The minimum atomic E-state index is 0. The van der Waals surface area contributed by atoms with E-state index in [1.165, 1.54) is 38.5 Å². The maximum Gasteiger partial charge on any atom is 0.191 e. The first-order valence-corrected chi connectivity index (χ1v) is 9.49. The number of guanidine groups is 1. The molecular weight excluding hydrogens is 417 g/mol. The standard InChI is InChI=1S/C18H37N3O2.HI/c1-3-19-18(21-14-10-15-22-2)20-13-8-9-16-23-17-11-6-4-5-7-12-17;/h17H,3-16H2,1-2H3,(H2,19,20,21);1H. The Balaban J connectivity index is 0.00000529. The number of unbranched alkanes of at least 4 members (excludes halogenated alkanes) is 1. The van der Waals surface area contributed by atoms with Gasteiger partial charge in [-0.25, -0.2) is 0 Å². The highest BCUT2D eigenvalue weighted by Gasteiger charge is 2.11. The summed E-state index contributed by atoms with van der Waals surface area (Å²) in [5.74, 6) is 0.910. The summed E-state index contributed by atoms with van der Waals surface area (Å²) in [5.41, 5.74) is 0. The van der Waals surface area contributed by atoms with Crippen molar-refractivity contribution in [3.8, 4) is 0 Å². The van der Waals surface area contributed by atoms with Gasteiger partial charge >= 0.3 is 0 Å². The van der Waals surface area contributed by atoms with E-state index in [1.54, 1.807) is 7.11 Å². The van der Waals surface area contributed by atoms with E-state index in [9.17, 15) is 0 Å². The quantitative estimate of drug-likeness (QED) is 0.164. The fourth-order valence-corrected chi connectivity index (χ4v) is 2.83. The molecule has 0 saturated heterocycles. The number of hydrogen-bond donors (Lipinski definition) is 2. The third kappa shape index (κ3) is 13.2. The first-order chi connectivity index (χ1) is 11.4. The second-order valence-corrected chi connectivity index (χ2v) is 6.23. The molecule has 0 aliphatic heterocycles. The van der Waals surface area contributed by atoms with Crippen molar-refractivity contribution in [2.75, 3.05) is 40.0 Å². The number of nitrogens with zero attached hydrogens (tertiary/aromatic N) is 1. The molecule has 24 heavy (non-hydrogen) atoms. The molecule has 0 spiro atoms. The number of ether oxygens (including phenoxy) is 2. The lowest BCUT2D eigenvalue weighted by molar-refractivity contribution is 0.0411. The van der Waals surface area contributed by atoms with Crippen LogP contribution in [-0.2, 0) is 9.47 Å². The molecule has 6 heteroatoms. The normalized spacial score (nSPS) is 16.3. The van der Waals surface area contributed by atoms with Crippen LogP contribution >= 0.6 is 24.0 Å². The number of nitrogens with one attached hydrogen (secondary N) is 2. The molecule has 0 aromatic carbocycles. The Hall–Kier alpha value is -0.0800. The summed E-state index contributed by atoms with van der Waals surface area (Å²) in [4.78, 5) is 4.54. The molecule has 0 heterocycles. The SMILES string of the molecule is CCNC(=NCCCOC)NCCCCOC1CCCCCC1.I. The molecular formula is C18H38IN3O2. The van der Waals surface area contributed by atoms with E-state index in [0.717, 1.165) is 58.1 Å². The van der Waals surface area contributed by atoms with Crippen molar-refractivity contribution >= 4 is 29.9 Å². The van der Waals surface area contributed by atoms with Crippen LogP contribution < -0.4 is 10.6 Å². The summed E-state index contributed by atoms with van der Waals surface area (Å²) in [6.07, 6.45) is 11.7. The van der Waals surface area contributed by atoms with Gasteiger partial charge in [-0.15, -0.1) is 24.0 Å². The molecule has 1 fully saturated rings. The predicted octanol–water partition coefficient (Wildman–Crippen LogP) is 3.72. The van der Waals surface area contributed by atoms with E-state index < -0.39 is 0 Å². The Morgan fingerprint density at radius 2 is 1.75 bits per heavy atom. The van der Waals surface area contributed by atoms with Gasteiger partial charge in [-0.3, -0.25) is 4.99 Å². The molecule has 5 nitrogen and oxygen atoms in total. The lowest BCUT2D eigenvalue weighted by atomic mass is 10.1. The van der Waals surface area contributed by atoms with E-state index in [0.29, 0.717) is 6.10 Å². The van der Waals surface area contributed by atoms with Gasteiger partial charge in [0.05, 0.1) is 6.10 Å². The maximum atomic E-state index is 6.02. The molecule has 1 saturated carbocycles. The lowest BCUT2D eigenvalue weighted by Crippen LogP contribution is -2.38. The zero-order valence-corrected chi connectivity index (χ0v) is 18.0. The summed E-state index contributed by atoms with van der Waals surface area (Å²) in [6, 6.07) is 0. The molecule has 0 aromatic heterocycles. The van der Waals surface area contributed by atoms with Crippen molar-refractivity contribution in [3.63, 3.8) is 0 Å². The topological polar surface area (TPSA) is 54.9 Å². The van der Waals surface area contributed by atoms with E-state index >= 15 is 0 Å². The maximum absolute atomic E-state index is 6.02. The number of aliphatic imine (C=N–C) groups is 1. The highest BCUT2D eigenvalue weighted by molar-refractivity contribution is 14.0. The van der Waals surface area contributed by atoms with Gasteiger partial charge in [-0.1, -0.05) is 25.7 Å². The number of halogens is 1. The zero-order chi connectivity index (χ0) is 16.6. The largest absolute Gasteiger partial charge is 0.385 e. The van der Waals surface area contributed by atoms with E-state index in [2.05, 4.69) is 22.5 Å². The summed E-state index contributed by atoms with van der Waals surface area (Å²) in [6.45, 7) is 6.39.